The van der Waals surface area contributed by atoms with Crippen LogP contribution >= 0.6 is 15.9 Å². The minimum Gasteiger partial charge on any atom is -0.465 e. The van der Waals surface area contributed by atoms with Crippen molar-refractivity contribution in [2.75, 3.05) is 6.54 Å². The lowest BCUT2D eigenvalue weighted by molar-refractivity contribution is 0.0515. The van der Waals surface area contributed by atoms with E-state index >= 15 is 0 Å². The fraction of sp³-hybridized carbons (Fsp3) is 0.450. The van der Waals surface area contributed by atoms with Gasteiger partial charge in [0.1, 0.15) is 16.9 Å². The Labute approximate surface area is 169 Å². The lowest BCUT2D eigenvalue weighted by Crippen LogP contribution is -2.51. The molecule has 1 fully saturated rings. The number of nitrogens with zero attached hydrogens (tertiary/aromatic N) is 2. The molecule has 2 unspecified atom stereocenters. The number of aromatic nitrogens is 2. The van der Waals surface area contributed by atoms with Crippen LogP contribution in [0.4, 0.5) is 4.79 Å². The zero-order valence-electron chi connectivity index (χ0n) is 16.0. The molecule has 1 amide bonds. The minimum atomic E-state index is -0.902. The smallest absolute Gasteiger partial charge is 0.407 e. The van der Waals surface area contributed by atoms with E-state index in [-0.39, 0.29) is 28.5 Å². The zero-order valence-corrected chi connectivity index (χ0v) is 17.5. The Morgan fingerprint density at radius 2 is 2.14 bits per heavy atom. The molecular formula is C20H22BrN3O4. The number of hydrogen-bond acceptors (Lipinski definition) is 4. The molecule has 1 aliphatic rings. The Balaban J connectivity index is 1.78. The lowest BCUT2D eigenvalue weighted by atomic mass is 9.77. The van der Waals surface area contributed by atoms with Gasteiger partial charge in [-0.2, -0.15) is 0 Å². The SMILES string of the molecule is CC(C)(C)C1CC(c2nc3c(oc4ccc(Br)cc43)c(=O)[nH]2)CCN1C(=O)O. The van der Waals surface area contributed by atoms with Crippen LogP contribution in [0.25, 0.3) is 22.1 Å². The summed E-state index contributed by atoms with van der Waals surface area (Å²) in [5.41, 5.74) is 0.853. The molecular weight excluding hydrogens is 426 g/mol. The van der Waals surface area contributed by atoms with E-state index in [4.69, 9.17) is 9.40 Å². The molecule has 1 aromatic carbocycles. The molecule has 2 N–H and O–H groups in total. The van der Waals surface area contributed by atoms with E-state index in [2.05, 4.69) is 20.9 Å². The maximum absolute atomic E-state index is 12.6. The Bertz CT molecular complexity index is 1130. The van der Waals surface area contributed by atoms with Gasteiger partial charge in [-0.3, -0.25) is 4.79 Å². The van der Waals surface area contributed by atoms with Gasteiger partial charge in [0.15, 0.2) is 0 Å². The molecule has 0 spiro atoms. The van der Waals surface area contributed by atoms with Crippen molar-refractivity contribution < 1.29 is 14.3 Å². The number of halogens is 1. The molecule has 28 heavy (non-hydrogen) atoms. The molecule has 0 bridgehead atoms. The molecule has 148 valence electrons. The van der Waals surface area contributed by atoms with Crippen LogP contribution in [0.2, 0.25) is 0 Å². The second-order valence-corrected chi connectivity index (χ2v) is 9.37. The quantitative estimate of drug-likeness (QED) is 0.562. The van der Waals surface area contributed by atoms with Gasteiger partial charge in [-0.1, -0.05) is 36.7 Å². The second kappa shape index (κ2) is 6.62. The molecule has 1 aliphatic heterocycles. The highest BCUT2D eigenvalue weighted by Gasteiger charge is 2.39. The van der Waals surface area contributed by atoms with Gasteiger partial charge >= 0.3 is 6.09 Å². The number of carbonyl (C=O) groups is 1. The van der Waals surface area contributed by atoms with Gasteiger partial charge in [-0.05, 0) is 36.5 Å². The molecule has 2 atom stereocenters. The summed E-state index contributed by atoms with van der Waals surface area (Å²) in [6, 6.07) is 5.40. The van der Waals surface area contributed by atoms with Gasteiger partial charge in [0.2, 0.25) is 5.58 Å². The maximum atomic E-state index is 12.6. The first-order valence-electron chi connectivity index (χ1n) is 9.26. The number of benzene rings is 1. The highest BCUT2D eigenvalue weighted by Crippen LogP contribution is 2.38. The summed E-state index contributed by atoms with van der Waals surface area (Å²) in [5.74, 6) is 0.577. The molecule has 3 aromatic rings. The molecule has 3 heterocycles. The topological polar surface area (TPSA) is 99.4 Å². The molecule has 0 saturated carbocycles. The van der Waals surface area contributed by atoms with E-state index in [1.165, 1.54) is 4.90 Å². The van der Waals surface area contributed by atoms with Crippen LogP contribution in [0.3, 0.4) is 0 Å². The van der Waals surface area contributed by atoms with Crippen molar-refractivity contribution in [2.45, 2.75) is 45.6 Å². The third-order valence-corrected chi connectivity index (χ3v) is 6.03. The molecule has 0 radical (unpaired) electrons. The molecule has 1 saturated heterocycles. The summed E-state index contributed by atoms with van der Waals surface area (Å²) in [4.78, 5) is 33.4. The second-order valence-electron chi connectivity index (χ2n) is 8.45. The number of fused-ring (bicyclic) bond motifs is 3. The van der Waals surface area contributed by atoms with Gasteiger partial charge in [0, 0.05) is 28.4 Å². The van der Waals surface area contributed by atoms with Gasteiger partial charge in [-0.25, -0.2) is 9.78 Å². The number of nitrogens with one attached hydrogen (secondary N) is 1. The number of rotatable bonds is 1. The number of amides is 1. The minimum absolute atomic E-state index is 0.0194. The maximum Gasteiger partial charge on any atom is 0.407 e. The molecule has 0 aliphatic carbocycles. The fourth-order valence-electron chi connectivity index (χ4n) is 4.10. The Hall–Kier alpha value is -2.35. The molecule has 8 heteroatoms. The first-order chi connectivity index (χ1) is 13.1. The first-order valence-corrected chi connectivity index (χ1v) is 10.1. The van der Waals surface area contributed by atoms with Gasteiger partial charge in [0.05, 0.1) is 0 Å². The number of likely N-dealkylation sites (tertiary alicyclic amines) is 1. The Morgan fingerprint density at radius 1 is 1.39 bits per heavy atom. The van der Waals surface area contributed by atoms with Gasteiger partial charge in [-0.15, -0.1) is 0 Å². The highest BCUT2D eigenvalue weighted by molar-refractivity contribution is 9.10. The third-order valence-electron chi connectivity index (χ3n) is 5.54. The summed E-state index contributed by atoms with van der Waals surface area (Å²) in [7, 11) is 0. The summed E-state index contributed by atoms with van der Waals surface area (Å²) >= 11 is 3.45. The van der Waals surface area contributed by atoms with E-state index in [1.54, 1.807) is 6.07 Å². The summed E-state index contributed by atoms with van der Waals surface area (Å²) in [5, 5.41) is 10.4. The number of furan rings is 1. The van der Waals surface area contributed by atoms with Crippen LogP contribution in [0.5, 0.6) is 0 Å². The fourth-order valence-corrected chi connectivity index (χ4v) is 4.46. The van der Waals surface area contributed by atoms with Crippen LogP contribution in [0.15, 0.2) is 31.9 Å². The monoisotopic (exact) mass is 447 g/mol. The zero-order chi connectivity index (χ0) is 20.2. The van der Waals surface area contributed by atoms with Crippen LogP contribution in [0.1, 0.15) is 45.4 Å². The highest BCUT2D eigenvalue weighted by atomic mass is 79.9. The van der Waals surface area contributed by atoms with Crippen LogP contribution in [0, 0.1) is 5.41 Å². The van der Waals surface area contributed by atoms with E-state index in [9.17, 15) is 14.7 Å². The van der Waals surface area contributed by atoms with Crippen molar-refractivity contribution in [1.29, 1.82) is 0 Å². The van der Waals surface area contributed by atoms with Gasteiger partial charge in [0.25, 0.3) is 5.56 Å². The number of piperidine rings is 1. The van der Waals surface area contributed by atoms with E-state index < -0.39 is 6.09 Å². The number of aromatic amines is 1. The van der Waals surface area contributed by atoms with Crippen molar-refractivity contribution in [3.05, 3.63) is 38.9 Å². The Morgan fingerprint density at radius 3 is 2.82 bits per heavy atom. The standard InChI is InChI=1S/C20H22BrN3O4/c1-20(2,3)14-8-10(6-7-24(14)19(26)27)17-22-15-12-9-11(21)4-5-13(12)28-16(15)18(25)23-17/h4-5,9-10,14H,6-8H2,1-3H3,(H,26,27)(H,22,23,25). The number of H-pyrrole nitrogens is 1. The van der Waals surface area contributed by atoms with Crippen LogP contribution in [-0.2, 0) is 0 Å². The molecule has 7 nitrogen and oxygen atoms in total. The third kappa shape index (κ3) is 3.19. The summed E-state index contributed by atoms with van der Waals surface area (Å²) in [6.07, 6.45) is 0.331. The average Bonchev–Trinajstić information content (AvgIpc) is 2.99. The average molecular weight is 448 g/mol. The van der Waals surface area contributed by atoms with Gasteiger partial charge < -0.3 is 19.4 Å². The van der Waals surface area contributed by atoms with Crippen LogP contribution < -0.4 is 5.56 Å². The van der Waals surface area contributed by atoms with Crippen LogP contribution in [-0.4, -0.2) is 38.7 Å². The normalized spacial score (nSPS) is 20.8. The van der Waals surface area contributed by atoms with Crippen molar-refractivity contribution in [1.82, 2.24) is 14.9 Å². The first kappa shape index (κ1) is 19.0. The lowest BCUT2D eigenvalue weighted by Gasteiger charge is -2.44. The van der Waals surface area contributed by atoms with Crippen molar-refractivity contribution in [2.24, 2.45) is 5.41 Å². The predicted molar refractivity (Wildman–Crippen MR) is 110 cm³/mol. The summed E-state index contributed by atoms with van der Waals surface area (Å²) < 4.78 is 6.57. The number of carboxylic acid groups (broad SMARTS) is 1. The molecule has 2 aromatic heterocycles. The van der Waals surface area contributed by atoms with Crippen molar-refractivity contribution >= 4 is 44.1 Å². The predicted octanol–water partition coefficient (Wildman–Crippen LogP) is 4.70. The number of hydrogen-bond donors (Lipinski definition) is 2. The Kier molecular flexibility index (Phi) is 4.49. The van der Waals surface area contributed by atoms with E-state index in [0.717, 1.165) is 9.86 Å². The molecule has 4 rings (SSSR count). The van der Waals surface area contributed by atoms with E-state index in [1.807, 2.05) is 32.9 Å². The summed E-state index contributed by atoms with van der Waals surface area (Å²) in [6.45, 7) is 6.53. The van der Waals surface area contributed by atoms with E-state index in [0.29, 0.717) is 36.3 Å². The van der Waals surface area contributed by atoms with Crippen molar-refractivity contribution in [3.63, 3.8) is 0 Å². The largest absolute Gasteiger partial charge is 0.465 e. The van der Waals surface area contributed by atoms with Crippen molar-refractivity contribution in [3.8, 4) is 0 Å².